The van der Waals surface area contributed by atoms with E-state index in [1.807, 2.05) is 18.4 Å². The molecule has 0 saturated carbocycles. The second-order valence-electron chi connectivity index (χ2n) is 5.21. The topological polar surface area (TPSA) is 59.9 Å². The molecule has 0 aliphatic carbocycles. The predicted molar refractivity (Wildman–Crippen MR) is 81.5 cm³/mol. The number of aromatic nitrogens is 2. The monoisotopic (exact) mass is 310 g/mol. The summed E-state index contributed by atoms with van der Waals surface area (Å²) in [4.78, 5) is 1.21. The minimum absolute atomic E-state index is 0.0613. The van der Waals surface area contributed by atoms with Crippen LogP contribution in [0, 0.1) is 6.92 Å². The van der Waals surface area contributed by atoms with Crippen molar-refractivity contribution in [1.82, 2.24) is 10.2 Å². The van der Waals surface area contributed by atoms with Gasteiger partial charge in [0, 0.05) is 4.88 Å². The van der Waals surface area contributed by atoms with Gasteiger partial charge < -0.3 is 0 Å². The highest BCUT2D eigenvalue weighted by Crippen LogP contribution is 2.24. The Morgan fingerprint density at radius 1 is 1.20 bits per heavy atom. The van der Waals surface area contributed by atoms with Crippen molar-refractivity contribution in [2.24, 2.45) is 0 Å². The highest BCUT2D eigenvalue weighted by atomic mass is 32.2. The molecule has 0 saturated heterocycles. The fraction of sp³-hybridized carbons (Fsp3) is 0.429. The molecule has 0 aliphatic rings. The Morgan fingerprint density at radius 3 is 2.50 bits per heavy atom. The summed E-state index contributed by atoms with van der Waals surface area (Å²) in [5.41, 5.74) is 2.14. The van der Waals surface area contributed by atoms with Crippen molar-refractivity contribution in [3.05, 3.63) is 45.4 Å². The molecule has 0 fully saturated rings. The van der Waals surface area contributed by atoms with Crippen molar-refractivity contribution in [2.75, 3.05) is 0 Å². The molecule has 0 aromatic carbocycles. The van der Waals surface area contributed by atoms with E-state index in [9.17, 15) is 8.42 Å². The minimum Gasteiger partial charge on any atom is -0.228 e. The highest BCUT2D eigenvalue weighted by molar-refractivity contribution is 7.89. The zero-order valence-electron chi connectivity index (χ0n) is 11.8. The Labute approximate surface area is 123 Å². The van der Waals surface area contributed by atoms with Gasteiger partial charge in [0.15, 0.2) is 9.84 Å². The lowest BCUT2D eigenvalue weighted by atomic mass is 10.2. The molecule has 0 atom stereocenters. The average Bonchev–Trinajstić information content (AvgIpc) is 2.79. The van der Waals surface area contributed by atoms with E-state index in [1.165, 1.54) is 4.88 Å². The summed E-state index contributed by atoms with van der Waals surface area (Å²) in [6.45, 7) is 6.03. The van der Waals surface area contributed by atoms with Crippen molar-refractivity contribution in [3.63, 3.8) is 0 Å². The summed E-state index contributed by atoms with van der Waals surface area (Å²) >= 11 is 1.61. The fourth-order valence-corrected chi connectivity index (χ4v) is 4.22. The van der Waals surface area contributed by atoms with E-state index in [0.717, 1.165) is 11.3 Å². The Hall–Kier alpha value is -1.27. The molecule has 108 valence electrons. The van der Waals surface area contributed by atoms with Gasteiger partial charge >= 0.3 is 0 Å². The molecule has 0 amide bonds. The Bertz CT molecular complexity index is 673. The Morgan fingerprint density at radius 2 is 1.95 bits per heavy atom. The van der Waals surface area contributed by atoms with Crippen LogP contribution in [0.25, 0.3) is 0 Å². The van der Waals surface area contributed by atoms with Gasteiger partial charge in [-0.25, -0.2) is 8.42 Å². The van der Waals surface area contributed by atoms with Gasteiger partial charge in [-0.05, 0) is 42.0 Å². The number of nitrogens with zero attached hydrogens (tertiary/aromatic N) is 2. The van der Waals surface area contributed by atoms with E-state index in [2.05, 4.69) is 24.0 Å². The van der Waals surface area contributed by atoms with E-state index < -0.39 is 9.84 Å². The number of aryl methyl sites for hydroxylation is 1. The summed E-state index contributed by atoms with van der Waals surface area (Å²) in [6, 6.07) is 5.47. The van der Waals surface area contributed by atoms with Gasteiger partial charge in [0.25, 0.3) is 0 Å². The lowest BCUT2D eigenvalue weighted by Crippen LogP contribution is -2.09. The van der Waals surface area contributed by atoms with Crippen LogP contribution < -0.4 is 0 Å². The van der Waals surface area contributed by atoms with Crippen LogP contribution >= 0.6 is 11.3 Å². The van der Waals surface area contributed by atoms with Gasteiger partial charge in [-0.3, -0.25) is 0 Å². The maximum absolute atomic E-state index is 12.2. The number of thiophene rings is 1. The van der Waals surface area contributed by atoms with Crippen LogP contribution in [0.1, 0.15) is 41.6 Å². The third-order valence-corrected chi connectivity index (χ3v) is 5.64. The van der Waals surface area contributed by atoms with Gasteiger partial charge in [0.1, 0.15) is 0 Å². The average molecular weight is 310 g/mol. The Kier molecular flexibility index (Phi) is 4.55. The number of hydrogen-bond donors (Lipinski definition) is 0. The summed E-state index contributed by atoms with van der Waals surface area (Å²) < 4.78 is 24.3. The zero-order valence-corrected chi connectivity index (χ0v) is 13.5. The van der Waals surface area contributed by atoms with Gasteiger partial charge in [-0.2, -0.15) is 10.2 Å². The summed E-state index contributed by atoms with van der Waals surface area (Å²) in [6.07, 6.45) is 0. The van der Waals surface area contributed by atoms with E-state index >= 15 is 0 Å². The molecule has 0 bridgehead atoms. The standard InChI is InChI=1S/C14H18N2O2S2/c1-10(2)14-6-12(7-19-14)8-20(17,18)9-13-5-4-11(3)15-16-13/h4-7,10H,8-9H2,1-3H3. The van der Waals surface area contributed by atoms with Crippen molar-refractivity contribution in [1.29, 1.82) is 0 Å². The smallest absolute Gasteiger partial charge is 0.160 e. The predicted octanol–water partition coefficient (Wildman–Crippen LogP) is 3.08. The van der Waals surface area contributed by atoms with Crippen LogP contribution in [0.15, 0.2) is 23.6 Å². The number of rotatable bonds is 5. The van der Waals surface area contributed by atoms with Crippen molar-refractivity contribution >= 4 is 21.2 Å². The van der Waals surface area contributed by atoms with Crippen LogP contribution in [-0.2, 0) is 21.3 Å². The molecule has 0 radical (unpaired) electrons. The van der Waals surface area contributed by atoms with Gasteiger partial charge in [0.2, 0.25) is 0 Å². The summed E-state index contributed by atoms with van der Waals surface area (Å²) in [7, 11) is -3.21. The van der Waals surface area contributed by atoms with Crippen LogP contribution in [0.5, 0.6) is 0 Å². The third-order valence-electron chi connectivity index (χ3n) is 2.85. The molecule has 0 unspecified atom stereocenters. The lowest BCUT2D eigenvalue weighted by Gasteiger charge is -2.03. The van der Waals surface area contributed by atoms with Gasteiger partial charge in [-0.15, -0.1) is 11.3 Å². The molecular formula is C14H18N2O2S2. The van der Waals surface area contributed by atoms with Crippen LogP contribution in [0.4, 0.5) is 0 Å². The van der Waals surface area contributed by atoms with Crippen molar-refractivity contribution in [3.8, 4) is 0 Å². The molecular weight excluding hydrogens is 292 g/mol. The fourth-order valence-electron chi connectivity index (χ4n) is 1.81. The molecule has 0 spiro atoms. The Balaban J connectivity index is 2.08. The third kappa shape index (κ3) is 4.11. The van der Waals surface area contributed by atoms with Gasteiger partial charge in [-0.1, -0.05) is 13.8 Å². The molecule has 2 rings (SSSR count). The normalized spacial score (nSPS) is 12.0. The van der Waals surface area contributed by atoms with Gasteiger partial charge in [0.05, 0.1) is 22.9 Å². The SMILES string of the molecule is Cc1ccc(CS(=O)(=O)Cc2csc(C(C)C)c2)nn1. The maximum atomic E-state index is 12.2. The van der Waals surface area contributed by atoms with E-state index in [1.54, 1.807) is 23.5 Å². The largest absolute Gasteiger partial charge is 0.228 e. The second-order valence-corrected chi connectivity index (χ2v) is 8.22. The molecule has 6 heteroatoms. The van der Waals surface area contributed by atoms with E-state index in [4.69, 9.17) is 0 Å². The van der Waals surface area contributed by atoms with Crippen LogP contribution in [0.2, 0.25) is 0 Å². The minimum atomic E-state index is -3.21. The van der Waals surface area contributed by atoms with E-state index in [0.29, 0.717) is 11.6 Å². The lowest BCUT2D eigenvalue weighted by molar-refractivity contribution is 0.593. The van der Waals surface area contributed by atoms with Crippen molar-refractivity contribution < 1.29 is 8.42 Å². The first-order valence-corrected chi connectivity index (χ1v) is 9.13. The summed E-state index contributed by atoms with van der Waals surface area (Å²) in [5.74, 6) is 0.429. The number of sulfone groups is 1. The number of hydrogen-bond acceptors (Lipinski definition) is 5. The zero-order chi connectivity index (χ0) is 14.8. The second kappa shape index (κ2) is 6.01. The first-order valence-electron chi connectivity index (χ1n) is 6.42. The summed E-state index contributed by atoms with van der Waals surface area (Å²) in [5, 5.41) is 9.72. The molecule has 4 nitrogen and oxygen atoms in total. The molecule has 2 aromatic rings. The molecule has 2 heterocycles. The first kappa shape index (κ1) is 15.1. The molecule has 2 aromatic heterocycles. The first-order chi connectivity index (χ1) is 9.35. The van der Waals surface area contributed by atoms with Crippen LogP contribution in [-0.4, -0.2) is 18.6 Å². The van der Waals surface area contributed by atoms with E-state index in [-0.39, 0.29) is 11.5 Å². The molecule has 0 N–H and O–H groups in total. The maximum Gasteiger partial charge on any atom is 0.160 e. The van der Waals surface area contributed by atoms with Crippen LogP contribution in [0.3, 0.4) is 0 Å². The quantitative estimate of drug-likeness (QED) is 0.851. The highest BCUT2D eigenvalue weighted by Gasteiger charge is 2.16. The molecule has 20 heavy (non-hydrogen) atoms. The molecule has 0 aliphatic heterocycles. The van der Waals surface area contributed by atoms with Crippen molar-refractivity contribution in [2.45, 2.75) is 38.2 Å².